The summed E-state index contributed by atoms with van der Waals surface area (Å²) in [4.78, 5) is 2.40. The summed E-state index contributed by atoms with van der Waals surface area (Å²) in [5.41, 5.74) is 5.68. The van der Waals surface area contributed by atoms with Crippen molar-refractivity contribution in [2.24, 2.45) is 0 Å². The van der Waals surface area contributed by atoms with Crippen LogP contribution in [0.25, 0.3) is 52.5 Å². The Morgan fingerprint density at radius 2 is 1.11 bits per heavy atom. The first-order valence-corrected chi connectivity index (χ1v) is 16.1. The van der Waals surface area contributed by atoms with Crippen LogP contribution in [0.15, 0.2) is 164 Å². The maximum atomic E-state index is 3.71. The van der Waals surface area contributed by atoms with Gasteiger partial charge in [-0.15, -0.1) is 11.3 Å². The van der Waals surface area contributed by atoms with Crippen molar-refractivity contribution in [1.82, 2.24) is 0 Å². The van der Waals surface area contributed by atoms with E-state index >= 15 is 0 Å². The summed E-state index contributed by atoms with van der Waals surface area (Å²) in [5, 5.41) is 13.8. The lowest BCUT2D eigenvalue weighted by molar-refractivity contribution is 1.31. The van der Waals surface area contributed by atoms with Gasteiger partial charge < -0.3 is 10.2 Å². The van der Waals surface area contributed by atoms with Crippen molar-refractivity contribution < 1.29 is 0 Å². The van der Waals surface area contributed by atoms with Gasteiger partial charge in [0, 0.05) is 43.6 Å². The van der Waals surface area contributed by atoms with Crippen LogP contribution in [0.5, 0.6) is 0 Å². The minimum absolute atomic E-state index is 1.09. The summed E-state index contributed by atoms with van der Waals surface area (Å²) in [6, 6.07) is 59.1. The molecule has 0 saturated heterocycles. The molecule has 8 aromatic carbocycles. The van der Waals surface area contributed by atoms with E-state index in [1.165, 1.54) is 58.2 Å². The zero-order chi connectivity index (χ0) is 29.7. The average molecular weight is 593 g/mol. The van der Waals surface area contributed by atoms with Crippen molar-refractivity contribution in [3.63, 3.8) is 0 Å². The van der Waals surface area contributed by atoms with E-state index in [0.717, 1.165) is 22.7 Å². The van der Waals surface area contributed by atoms with E-state index in [9.17, 15) is 0 Å². The Morgan fingerprint density at radius 1 is 0.422 bits per heavy atom. The molecule has 0 saturated carbocycles. The highest BCUT2D eigenvalue weighted by molar-refractivity contribution is 7.26. The molecule has 0 fully saturated rings. The van der Waals surface area contributed by atoms with Gasteiger partial charge in [0.25, 0.3) is 0 Å². The standard InChI is InChI=1S/C42H28N2S/c1-2-13-32(14-3-1)44(33-23-24-35-30(26-33)21-20-29-11-4-6-15-34(29)35)40-19-9-17-37-38-27-31(22-25-41(38)45-42(37)40)43-39-18-8-12-28-10-5-7-16-36(28)39/h1-27,43H. The highest BCUT2D eigenvalue weighted by Gasteiger charge is 2.19. The van der Waals surface area contributed by atoms with Gasteiger partial charge in [-0.25, -0.2) is 0 Å². The van der Waals surface area contributed by atoms with E-state index in [2.05, 4.69) is 174 Å². The second-order valence-electron chi connectivity index (χ2n) is 11.5. The highest BCUT2D eigenvalue weighted by Crippen LogP contribution is 2.46. The van der Waals surface area contributed by atoms with E-state index in [-0.39, 0.29) is 0 Å². The fourth-order valence-electron chi connectivity index (χ4n) is 6.67. The molecule has 0 aliphatic carbocycles. The third-order valence-corrected chi connectivity index (χ3v) is 10.00. The first kappa shape index (κ1) is 25.8. The predicted molar refractivity (Wildman–Crippen MR) is 196 cm³/mol. The maximum absolute atomic E-state index is 3.71. The first-order chi connectivity index (χ1) is 22.3. The smallest absolute Gasteiger partial charge is 0.0640 e. The van der Waals surface area contributed by atoms with Crippen LogP contribution in [0.4, 0.5) is 28.4 Å². The van der Waals surface area contributed by atoms with E-state index in [1.807, 2.05) is 11.3 Å². The molecular formula is C42H28N2S. The minimum atomic E-state index is 1.09. The van der Waals surface area contributed by atoms with Crippen molar-refractivity contribution in [3.05, 3.63) is 164 Å². The van der Waals surface area contributed by atoms with Gasteiger partial charge in [-0.3, -0.25) is 0 Å². The number of anilines is 5. The third kappa shape index (κ3) is 4.40. The van der Waals surface area contributed by atoms with E-state index in [4.69, 9.17) is 0 Å². The highest BCUT2D eigenvalue weighted by atomic mass is 32.1. The summed E-state index contributed by atoms with van der Waals surface area (Å²) < 4.78 is 2.55. The number of para-hydroxylation sites is 1. The number of fused-ring (bicyclic) bond motifs is 7. The summed E-state index contributed by atoms with van der Waals surface area (Å²) in [5.74, 6) is 0. The van der Waals surface area contributed by atoms with Crippen molar-refractivity contribution >= 4 is 92.3 Å². The van der Waals surface area contributed by atoms with Gasteiger partial charge in [0.2, 0.25) is 0 Å². The SMILES string of the molecule is c1ccc(N(c2ccc3c(ccc4ccccc43)c2)c2cccc3c2sc2ccc(Nc4cccc5ccccc45)cc23)cc1. The Kier molecular flexibility index (Phi) is 6.03. The van der Waals surface area contributed by atoms with Crippen LogP contribution in [-0.4, -0.2) is 0 Å². The van der Waals surface area contributed by atoms with E-state index in [1.54, 1.807) is 0 Å². The second-order valence-corrected chi connectivity index (χ2v) is 12.5. The van der Waals surface area contributed by atoms with Crippen molar-refractivity contribution in [1.29, 1.82) is 0 Å². The second kappa shape index (κ2) is 10.5. The van der Waals surface area contributed by atoms with Gasteiger partial charge in [0.15, 0.2) is 0 Å². The Hall–Kier alpha value is -5.64. The van der Waals surface area contributed by atoms with E-state index < -0.39 is 0 Å². The molecule has 0 unspecified atom stereocenters. The number of nitrogens with one attached hydrogen (secondary N) is 1. The third-order valence-electron chi connectivity index (χ3n) is 8.79. The van der Waals surface area contributed by atoms with Crippen molar-refractivity contribution in [3.8, 4) is 0 Å². The molecule has 0 atom stereocenters. The van der Waals surface area contributed by atoms with E-state index in [0.29, 0.717) is 0 Å². The first-order valence-electron chi connectivity index (χ1n) is 15.3. The average Bonchev–Trinajstić information content (AvgIpc) is 3.48. The largest absolute Gasteiger partial charge is 0.355 e. The van der Waals surface area contributed by atoms with Gasteiger partial charge in [-0.2, -0.15) is 0 Å². The number of hydrogen-bond acceptors (Lipinski definition) is 3. The molecule has 0 radical (unpaired) electrons. The van der Waals surface area contributed by atoms with Crippen LogP contribution in [0.3, 0.4) is 0 Å². The molecule has 0 amide bonds. The zero-order valence-electron chi connectivity index (χ0n) is 24.4. The number of nitrogens with zero attached hydrogens (tertiary/aromatic N) is 1. The molecule has 45 heavy (non-hydrogen) atoms. The molecule has 3 heteroatoms. The van der Waals surface area contributed by atoms with Gasteiger partial charge in [0.1, 0.15) is 0 Å². The van der Waals surface area contributed by atoms with Crippen molar-refractivity contribution in [2.45, 2.75) is 0 Å². The summed E-state index contributed by atoms with van der Waals surface area (Å²) in [6.07, 6.45) is 0. The van der Waals surface area contributed by atoms with Crippen LogP contribution >= 0.6 is 11.3 Å². The monoisotopic (exact) mass is 592 g/mol. The Labute approximate surface area is 265 Å². The maximum Gasteiger partial charge on any atom is 0.0640 e. The van der Waals surface area contributed by atoms with Gasteiger partial charge >= 0.3 is 0 Å². The van der Waals surface area contributed by atoms with Crippen LogP contribution in [0.1, 0.15) is 0 Å². The quantitative estimate of drug-likeness (QED) is 0.200. The molecule has 1 N–H and O–H groups in total. The topological polar surface area (TPSA) is 15.3 Å². The van der Waals surface area contributed by atoms with Crippen LogP contribution < -0.4 is 10.2 Å². The molecule has 1 heterocycles. The van der Waals surface area contributed by atoms with Crippen LogP contribution in [0.2, 0.25) is 0 Å². The number of hydrogen-bond donors (Lipinski definition) is 1. The number of benzene rings is 8. The van der Waals surface area contributed by atoms with Gasteiger partial charge in [-0.1, -0.05) is 109 Å². The lowest BCUT2D eigenvalue weighted by Gasteiger charge is -2.26. The lowest BCUT2D eigenvalue weighted by atomic mass is 10.0. The van der Waals surface area contributed by atoms with Crippen molar-refractivity contribution in [2.75, 3.05) is 10.2 Å². The Balaban J connectivity index is 1.19. The zero-order valence-corrected chi connectivity index (χ0v) is 25.3. The molecule has 1 aromatic heterocycles. The Bertz CT molecular complexity index is 2520. The summed E-state index contributed by atoms with van der Waals surface area (Å²) in [7, 11) is 0. The lowest BCUT2D eigenvalue weighted by Crippen LogP contribution is -2.09. The molecule has 0 spiro atoms. The molecule has 0 aliphatic rings. The van der Waals surface area contributed by atoms with Crippen LogP contribution in [0, 0.1) is 0 Å². The van der Waals surface area contributed by atoms with Crippen LogP contribution in [-0.2, 0) is 0 Å². The molecule has 0 aliphatic heterocycles. The molecule has 2 nitrogen and oxygen atoms in total. The predicted octanol–water partition coefficient (Wildman–Crippen LogP) is 12.7. The summed E-state index contributed by atoms with van der Waals surface area (Å²) >= 11 is 1.86. The molecular weight excluding hydrogens is 565 g/mol. The summed E-state index contributed by atoms with van der Waals surface area (Å²) in [6.45, 7) is 0. The normalized spacial score (nSPS) is 11.6. The molecule has 212 valence electrons. The number of rotatable bonds is 5. The fourth-order valence-corrected chi connectivity index (χ4v) is 7.86. The number of thiophene rings is 1. The molecule has 9 aromatic rings. The van der Waals surface area contributed by atoms with Gasteiger partial charge in [0.05, 0.1) is 10.4 Å². The minimum Gasteiger partial charge on any atom is -0.355 e. The van der Waals surface area contributed by atoms with Gasteiger partial charge in [-0.05, 0) is 81.5 Å². The molecule has 0 bridgehead atoms. The fraction of sp³-hybridized carbons (Fsp3) is 0. The Morgan fingerprint density at radius 3 is 2.00 bits per heavy atom. The molecule has 9 rings (SSSR count).